The highest BCUT2D eigenvalue weighted by Crippen LogP contribution is 2.23. The molecule has 1 N–H and O–H groups in total. The van der Waals surface area contributed by atoms with Crippen LogP contribution in [-0.2, 0) is 6.42 Å². The van der Waals surface area contributed by atoms with Gasteiger partial charge >= 0.3 is 0 Å². The topological polar surface area (TPSA) is 12.0 Å². The number of benzene rings is 1. The van der Waals surface area contributed by atoms with Gasteiger partial charge in [-0.25, -0.2) is 0 Å². The van der Waals surface area contributed by atoms with Crippen molar-refractivity contribution in [2.24, 2.45) is 5.92 Å². The van der Waals surface area contributed by atoms with Crippen molar-refractivity contribution in [1.82, 2.24) is 5.32 Å². The molecule has 18 heavy (non-hydrogen) atoms. The molecule has 0 radical (unpaired) electrons. The Bertz CT molecular complexity index is 352. The standard InChI is InChI=1S/C17H27N/c1-14-6-5-9-16(12-14)11-10-15(2)18-13-17-7-3-4-8-17/h5-6,9,12,15,17-18H,3-4,7-8,10-11,13H2,1-2H3. The van der Waals surface area contributed by atoms with Crippen LogP contribution in [0.25, 0.3) is 0 Å². The summed E-state index contributed by atoms with van der Waals surface area (Å²) in [6.45, 7) is 5.73. The normalized spacial score (nSPS) is 18.1. The second-order valence-corrected chi connectivity index (χ2v) is 5.99. The molecule has 0 aliphatic heterocycles. The van der Waals surface area contributed by atoms with Crippen LogP contribution in [0.5, 0.6) is 0 Å². The minimum absolute atomic E-state index is 0.645. The van der Waals surface area contributed by atoms with Crippen LogP contribution in [0, 0.1) is 12.8 Å². The highest BCUT2D eigenvalue weighted by molar-refractivity contribution is 5.22. The maximum absolute atomic E-state index is 3.71. The summed E-state index contributed by atoms with van der Waals surface area (Å²) in [5.74, 6) is 0.950. The van der Waals surface area contributed by atoms with Crippen LogP contribution in [0.3, 0.4) is 0 Å². The molecule has 1 aliphatic carbocycles. The first-order chi connectivity index (χ1) is 8.74. The van der Waals surface area contributed by atoms with Crippen molar-refractivity contribution < 1.29 is 0 Å². The molecular formula is C17H27N. The van der Waals surface area contributed by atoms with Crippen LogP contribution in [0.4, 0.5) is 0 Å². The van der Waals surface area contributed by atoms with Gasteiger partial charge in [-0.3, -0.25) is 0 Å². The summed E-state index contributed by atoms with van der Waals surface area (Å²) in [4.78, 5) is 0. The van der Waals surface area contributed by atoms with Crippen molar-refractivity contribution in [3.63, 3.8) is 0 Å². The fourth-order valence-corrected chi connectivity index (χ4v) is 2.94. The molecule has 1 atom stereocenters. The lowest BCUT2D eigenvalue weighted by molar-refractivity contribution is 0.432. The van der Waals surface area contributed by atoms with Crippen molar-refractivity contribution in [3.05, 3.63) is 35.4 Å². The molecule has 1 fully saturated rings. The van der Waals surface area contributed by atoms with Gasteiger partial charge in [0.2, 0.25) is 0 Å². The second-order valence-electron chi connectivity index (χ2n) is 5.99. The molecule has 1 aromatic rings. The van der Waals surface area contributed by atoms with Crippen LogP contribution in [0.1, 0.15) is 50.2 Å². The zero-order valence-electron chi connectivity index (χ0n) is 11.9. The Labute approximate surface area is 112 Å². The minimum atomic E-state index is 0.645. The predicted octanol–water partition coefficient (Wildman–Crippen LogP) is 4.10. The molecule has 0 bridgehead atoms. The molecule has 0 aromatic heterocycles. The van der Waals surface area contributed by atoms with E-state index in [1.165, 1.54) is 56.2 Å². The predicted molar refractivity (Wildman–Crippen MR) is 78.9 cm³/mol. The fraction of sp³-hybridized carbons (Fsp3) is 0.647. The Morgan fingerprint density at radius 1 is 1.28 bits per heavy atom. The van der Waals surface area contributed by atoms with Crippen LogP contribution >= 0.6 is 0 Å². The summed E-state index contributed by atoms with van der Waals surface area (Å²) in [5, 5.41) is 3.71. The van der Waals surface area contributed by atoms with Crippen LogP contribution < -0.4 is 5.32 Å². The zero-order chi connectivity index (χ0) is 12.8. The van der Waals surface area contributed by atoms with Crippen molar-refractivity contribution >= 4 is 0 Å². The van der Waals surface area contributed by atoms with E-state index < -0.39 is 0 Å². The number of hydrogen-bond donors (Lipinski definition) is 1. The quantitative estimate of drug-likeness (QED) is 0.796. The molecule has 1 heteroatoms. The molecule has 1 nitrogen and oxygen atoms in total. The van der Waals surface area contributed by atoms with E-state index in [1.54, 1.807) is 0 Å². The van der Waals surface area contributed by atoms with Gasteiger partial charge in [0, 0.05) is 6.04 Å². The summed E-state index contributed by atoms with van der Waals surface area (Å²) in [5.41, 5.74) is 2.85. The van der Waals surface area contributed by atoms with Crippen molar-refractivity contribution in [2.75, 3.05) is 6.54 Å². The molecule has 0 amide bonds. The molecule has 1 saturated carbocycles. The largest absolute Gasteiger partial charge is 0.314 e. The smallest absolute Gasteiger partial charge is 0.00420 e. The average molecular weight is 245 g/mol. The van der Waals surface area contributed by atoms with Gasteiger partial charge in [-0.15, -0.1) is 0 Å². The van der Waals surface area contributed by atoms with Crippen LogP contribution in [0.15, 0.2) is 24.3 Å². The van der Waals surface area contributed by atoms with E-state index in [4.69, 9.17) is 0 Å². The van der Waals surface area contributed by atoms with Gasteiger partial charge in [-0.05, 0) is 57.6 Å². The molecule has 100 valence electrons. The van der Waals surface area contributed by atoms with Gasteiger partial charge in [0.25, 0.3) is 0 Å². The maximum Gasteiger partial charge on any atom is 0.00420 e. The van der Waals surface area contributed by atoms with E-state index >= 15 is 0 Å². The van der Waals surface area contributed by atoms with Gasteiger partial charge in [-0.1, -0.05) is 42.7 Å². The Kier molecular flexibility index (Phi) is 5.25. The Morgan fingerprint density at radius 2 is 2.06 bits per heavy atom. The summed E-state index contributed by atoms with van der Waals surface area (Å²) >= 11 is 0. The van der Waals surface area contributed by atoms with Crippen molar-refractivity contribution in [1.29, 1.82) is 0 Å². The second kappa shape index (κ2) is 6.94. The van der Waals surface area contributed by atoms with E-state index in [1.807, 2.05) is 0 Å². The molecule has 2 rings (SSSR count). The minimum Gasteiger partial charge on any atom is -0.314 e. The first-order valence-corrected chi connectivity index (χ1v) is 7.53. The lowest BCUT2D eigenvalue weighted by atomic mass is 10.0. The SMILES string of the molecule is Cc1cccc(CCC(C)NCC2CCCC2)c1. The van der Waals surface area contributed by atoms with E-state index in [0.29, 0.717) is 6.04 Å². The summed E-state index contributed by atoms with van der Waals surface area (Å²) < 4.78 is 0. The maximum atomic E-state index is 3.71. The van der Waals surface area contributed by atoms with Crippen molar-refractivity contribution in [3.8, 4) is 0 Å². The van der Waals surface area contributed by atoms with Gasteiger partial charge in [0.05, 0.1) is 0 Å². The molecule has 1 aliphatic rings. The highest BCUT2D eigenvalue weighted by Gasteiger charge is 2.15. The van der Waals surface area contributed by atoms with E-state index in [2.05, 4.69) is 43.4 Å². The summed E-state index contributed by atoms with van der Waals surface area (Å²) in [6, 6.07) is 9.54. The highest BCUT2D eigenvalue weighted by atomic mass is 14.9. The Morgan fingerprint density at radius 3 is 2.78 bits per heavy atom. The lowest BCUT2D eigenvalue weighted by Gasteiger charge is -2.17. The van der Waals surface area contributed by atoms with E-state index in [-0.39, 0.29) is 0 Å². The number of hydrogen-bond acceptors (Lipinski definition) is 1. The molecule has 0 heterocycles. The van der Waals surface area contributed by atoms with Crippen molar-refractivity contribution in [2.45, 2.75) is 58.4 Å². The van der Waals surface area contributed by atoms with Gasteiger partial charge in [0.15, 0.2) is 0 Å². The monoisotopic (exact) mass is 245 g/mol. The number of aryl methyl sites for hydroxylation is 2. The Balaban J connectivity index is 1.66. The summed E-state index contributed by atoms with van der Waals surface area (Å²) in [6.07, 6.45) is 8.22. The first-order valence-electron chi connectivity index (χ1n) is 7.53. The zero-order valence-corrected chi connectivity index (χ0v) is 11.9. The third-order valence-electron chi connectivity index (χ3n) is 4.18. The lowest BCUT2D eigenvalue weighted by Crippen LogP contribution is -2.30. The van der Waals surface area contributed by atoms with Crippen LogP contribution in [-0.4, -0.2) is 12.6 Å². The van der Waals surface area contributed by atoms with Gasteiger partial charge in [-0.2, -0.15) is 0 Å². The number of rotatable bonds is 6. The molecule has 1 unspecified atom stereocenters. The summed E-state index contributed by atoms with van der Waals surface area (Å²) in [7, 11) is 0. The third-order valence-corrected chi connectivity index (χ3v) is 4.18. The number of nitrogens with one attached hydrogen (secondary N) is 1. The van der Waals surface area contributed by atoms with E-state index in [0.717, 1.165) is 5.92 Å². The van der Waals surface area contributed by atoms with Gasteiger partial charge < -0.3 is 5.32 Å². The molecule has 0 spiro atoms. The third kappa shape index (κ3) is 4.45. The van der Waals surface area contributed by atoms with Gasteiger partial charge in [0.1, 0.15) is 0 Å². The Hall–Kier alpha value is -0.820. The van der Waals surface area contributed by atoms with Crippen LogP contribution in [0.2, 0.25) is 0 Å². The molecule has 0 saturated heterocycles. The van der Waals surface area contributed by atoms with E-state index in [9.17, 15) is 0 Å². The molecule has 1 aromatic carbocycles. The first kappa shape index (κ1) is 13.6. The molecular weight excluding hydrogens is 218 g/mol. The fourth-order valence-electron chi connectivity index (χ4n) is 2.94. The average Bonchev–Trinajstić information content (AvgIpc) is 2.87.